The topological polar surface area (TPSA) is 81.5 Å². The maximum Gasteiger partial charge on any atom is 0.422 e. The summed E-state index contributed by atoms with van der Waals surface area (Å²) >= 11 is 0. The van der Waals surface area contributed by atoms with Crippen LogP contribution < -0.4 is 10.1 Å². The molecule has 0 heterocycles. The molecule has 0 unspecified atom stereocenters. The normalized spacial score (nSPS) is 11.0. The summed E-state index contributed by atoms with van der Waals surface area (Å²) in [4.78, 5) is 22.6. The molecule has 25 heavy (non-hydrogen) atoms. The number of hydrogen-bond acceptors (Lipinski definition) is 4. The van der Waals surface area contributed by atoms with Crippen molar-refractivity contribution in [3.63, 3.8) is 0 Å². The van der Waals surface area contributed by atoms with Crippen molar-refractivity contribution < 1.29 is 27.6 Å². The zero-order valence-corrected chi connectivity index (χ0v) is 13.0. The van der Waals surface area contributed by atoms with Gasteiger partial charge in [-0.2, -0.15) is 13.2 Å². The predicted octanol–water partition coefficient (Wildman–Crippen LogP) is 4.10. The third-order valence-corrected chi connectivity index (χ3v) is 3.19. The van der Waals surface area contributed by atoms with Crippen molar-refractivity contribution in [2.45, 2.75) is 13.1 Å². The average Bonchev–Trinajstić information content (AvgIpc) is 2.53. The van der Waals surface area contributed by atoms with Crippen molar-refractivity contribution in [1.29, 1.82) is 0 Å². The molecule has 1 N–H and O–H groups in total. The van der Waals surface area contributed by atoms with E-state index in [1.807, 2.05) is 0 Å². The molecule has 0 atom stereocenters. The van der Waals surface area contributed by atoms with Gasteiger partial charge in [0.1, 0.15) is 5.75 Å². The fourth-order valence-electron chi connectivity index (χ4n) is 2.00. The summed E-state index contributed by atoms with van der Waals surface area (Å²) in [6, 6.07) is 9.51. The van der Waals surface area contributed by atoms with E-state index in [1.54, 1.807) is 0 Å². The molecule has 0 aliphatic carbocycles. The molecule has 2 aromatic carbocycles. The third kappa shape index (κ3) is 4.93. The van der Waals surface area contributed by atoms with Gasteiger partial charge in [-0.1, -0.05) is 18.2 Å². The number of ether oxygens (including phenoxy) is 1. The minimum absolute atomic E-state index is 0.00271. The van der Waals surface area contributed by atoms with Gasteiger partial charge in [-0.15, -0.1) is 0 Å². The lowest BCUT2D eigenvalue weighted by Crippen LogP contribution is -2.20. The molecule has 0 aromatic heterocycles. The van der Waals surface area contributed by atoms with Gasteiger partial charge in [0.2, 0.25) is 0 Å². The number of anilines is 1. The second-order valence-corrected chi connectivity index (χ2v) is 5.11. The monoisotopic (exact) mass is 354 g/mol. The summed E-state index contributed by atoms with van der Waals surface area (Å²) in [5.74, 6) is -0.860. The Labute approximate surface area is 140 Å². The van der Waals surface area contributed by atoms with Crippen LogP contribution in [0, 0.1) is 17.0 Å². The Balaban J connectivity index is 2.21. The Hall–Kier alpha value is -3.10. The van der Waals surface area contributed by atoms with E-state index in [4.69, 9.17) is 0 Å². The number of hydrogen-bond donors (Lipinski definition) is 1. The predicted molar refractivity (Wildman–Crippen MR) is 83.8 cm³/mol. The van der Waals surface area contributed by atoms with Crippen LogP contribution in [0.4, 0.5) is 24.5 Å². The van der Waals surface area contributed by atoms with Gasteiger partial charge in [0, 0.05) is 17.2 Å². The molecule has 0 aliphatic heterocycles. The van der Waals surface area contributed by atoms with Crippen LogP contribution >= 0.6 is 0 Å². The Bertz CT molecular complexity index is 806. The number of halogens is 3. The minimum Gasteiger partial charge on any atom is -0.482 e. The Morgan fingerprint density at radius 3 is 2.56 bits per heavy atom. The van der Waals surface area contributed by atoms with Crippen molar-refractivity contribution in [3.8, 4) is 5.75 Å². The standard InChI is InChI=1S/C16H13F3N2O4/c1-10-6-7-11(8-13(10)21(23)24)15(22)20-12-4-2-3-5-14(12)25-9-16(17,18)19/h2-8H,9H2,1H3,(H,20,22). The van der Waals surface area contributed by atoms with E-state index in [-0.39, 0.29) is 22.7 Å². The van der Waals surface area contributed by atoms with Gasteiger partial charge in [-0.3, -0.25) is 14.9 Å². The maximum atomic E-state index is 12.3. The van der Waals surface area contributed by atoms with Crippen molar-refractivity contribution >= 4 is 17.3 Å². The van der Waals surface area contributed by atoms with E-state index < -0.39 is 23.6 Å². The molecule has 0 aliphatic rings. The highest BCUT2D eigenvalue weighted by Gasteiger charge is 2.29. The molecule has 9 heteroatoms. The highest BCUT2D eigenvalue weighted by molar-refractivity contribution is 6.05. The van der Waals surface area contributed by atoms with Crippen molar-refractivity contribution in [3.05, 3.63) is 63.7 Å². The van der Waals surface area contributed by atoms with Gasteiger partial charge in [0.25, 0.3) is 11.6 Å². The number of benzene rings is 2. The van der Waals surface area contributed by atoms with Crippen molar-refractivity contribution in [2.75, 3.05) is 11.9 Å². The number of amides is 1. The van der Waals surface area contributed by atoms with E-state index in [2.05, 4.69) is 10.1 Å². The molecule has 0 radical (unpaired) electrons. The molecule has 1 amide bonds. The number of nitrogens with zero attached hydrogens (tertiary/aromatic N) is 1. The average molecular weight is 354 g/mol. The molecule has 6 nitrogen and oxygen atoms in total. The first kappa shape index (κ1) is 18.2. The van der Waals surface area contributed by atoms with Crippen LogP contribution in [0.25, 0.3) is 0 Å². The molecule has 0 bridgehead atoms. The lowest BCUT2D eigenvalue weighted by Gasteiger charge is -2.13. The van der Waals surface area contributed by atoms with Gasteiger partial charge < -0.3 is 10.1 Å². The molecular formula is C16H13F3N2O4. The first-order chi connectivity index (χ1) is 11.7. The summed E-state index contributed by atoms with van der Waals surface area (Å²) in [5, 5.41) is 13.3. The number of para-hydroxylation sites is 2. The molecule has 2 rings (SSSR count). The Kier molecular flexibility index (Phi) is 5.26. The Morgan fingerprint density at radius 1 is 1.24 bits per heavy atom. The van der Waals surface area contributed by atoms with Gasteiger partial charge in [-0.25, -0.2) is 0 Å². The lowest BCUT2D eigenvalue weighted by atomic mass is 10.1. The number of nitro groups is 1. The van der Waals surface area contributed by atoms with Gasteiger partial charge >= 0.3 is 6.18 Å². The largest absolute Gasteiger partial charge is 0.482 e. The SMILES string of the molecule is Cc1ccc(C(=O)Nc2ccccc2OCC(F)(F)F)cc1[N+](=O)[O-]. The summed E-state index contributed by atoms with van der Waals surface area (Å²) < 4.78 is 41.5. The molecule has 132 valence electrons. The van der Waals surface area contributed by atoms with E-state index in [0.29, 0.717) is 5.56 Å². The second-order valence-electron chi connectivity index (χ2n) is 5.11. The fraction of sp³-hybridized carbons (Fsp3) is 0.188. The summed E-state index contributed by atoms with van der Waals surface area (Å²) in [6.07, 6.45) is -4.52. The van der Waals surface area contributed by atoms with Crippen LogP contribution in [0.15, 0.2) is 42.5 Å². The summed E-state index contributed by atoms with van der Waals surface area (Å²) in [7, 11) is 0. The number of aryl methyl sites for hydroxylation is 1. The Morgan fingerprint density at radius 2 is 1.92 bits per heavy atom. The van der Waals surface area contributed by atoms with Gasteiger partial charge in [-0.05, 0) is 25.1 Å². The van der Waals surface area contributed by atoms with Crippen LogP contribution in [0.2, 0.25) is 0 Å². The number of carbonyl (C=O) groups is 1. The van der Waals surface area contributed by atoms with E-state index in [1.165, 1.54) is 43.3 Å². The quantitative estimate of drug-likeness (QED) is 0.647. The highest BCUT2D eigenvalue weighted by Crippen LogP contribution is 2.27. The fourth-order valence-corrected chi connectivity index (χ4v) is 2.00. The maximum absolute atomic E-state index is 12.3. The number of nitro benzene ring substituents is 1. The molecular weight excluding hydrogens is 341 g/mol. The summed E-state index contributed by atoms with van der Waals surface area (Å²) in [5.41, 5.74) is 0.188. The van der Waals surface area contributed by atoms with Crippen LogP contribution in [0.3, 0.4) is 0 Å². The van der Waals surface area contributed by atoms with Crippen LogP contribution in [0.5, 0.6) is 5.75 Å². The zero-order chi connectivity index (χ0) is 18.6. The molecule has 0 fully saturated rings. The van der Waals surface area contributed by atoms with Crippen LogP contribution in [-0.4, -0.2) is 23.6 Å². The summed E-state index contributed by atoms with van der Waals surface area (Å²) in [6.45, 7) is 0.0238. The van der Waals surface area contributed by atoms with E-state index in [9.17, 15) is 28.1 Å². The van der Waals surface area contributed by atoms with Gasteiger partial charge in [0.05, 0.1) is 10.6 Å². The number of carbonyl (C=O) groups excluding carboxylic acids is 1. The highest BCUT2D eigenvalue weighted by atomic mass is 19.4. The second kappa shape index (κ2) is 7.20. The van der Waals surface area contributed by atoms with E-state index >= 15 is 0 Å². The van der Waals surface area contributed by atoms with Gasteiger partial charge in [0.15, 0.2) is 6.61 Å². The molecule has 0 spiro atoms. The number of rotatable bonds is 5. The lowest BCUT2D eigenvalue weighted by molar-refractivity contribution is -0.385. The zero-order valence-electron chi connectivity index (χ0n) is 13.0. The molecule has 2 aromatic rings. The number of nitrogens with one attached hydrogen (secondary N) is 1. The van der Waals surface area contributed by atoms with Crippen molar-refractivity contribution in [1.82, 2.24) is 0 Å². The van der Waals surface area contributed by atoms with Crippen LogP contribution in [0.1, 0.15) is 15.9 Å². The van der Waals surface area contributed by atoms with Crippen LogP contribution in [-0.2, 0) is 0 Å². The smallest absolute Gasteiger partial charge is 0.422 e. The van der Waals surface area contributed by atoms with E-state index in [0.717, 1.165) is 6.07 Å². The molecule has 0 saturated heterocycles. The molecule has 0 saturated carbocycles. The first-order valence-electron chi connectivity index (χ1n) is 7.02. The number of alkyl halides is 3. The first-order valence-corrected chi connectivity index (χ1v) is 7.02. The van der Waals surface area contributed by atoms with Crippen molar-refractivity contribution in [2.24, 2.45) is 0 Å². The third-order valence-electron chi connectivity index (χ3n) is 3.19. The minimum atomic E-state index is -4.52.